The molecule has 0 atom stereocenters. The Morgan fingerprint density at radius 2 is 2.11 bits per heavy atom. The molecule has 1 amide bonds. The van der Waals surface area contributed by atoms with Crippen molar-refractivity contribution in [2.24, 2.45) is 5.92 Å². The molecule has 3 nitrogen and oxygen atoms in total. The molecular weight excluding hydrogens is 260 g/mol. The van der Waals surface area contributed by atoms with Gasteiger partial charge in [-0.3, -0.25) is 4.79 Å². The molecule has 2 N–H and O–H groups in total. The van der Waals surface area contributed by atoms with Gasteiger partial charge in [0.2, 0.25) is 5.91 Å². The van der Waals surface area contributed by atoms with E-state index in [4.69, 9.17) is 0 Å². The molecule has 0 spiro atoms. The van der Waals surface area contributed by atoms with Crippen LogP contribution >= 0.6 is 12.4 Å². The predicted octanol–water partition coefficient (Wildman–Crippen LogP) is 2.80. The van der Waals surface area contributed by atoms with Gasteiger partial charge in [0.05, 0.1) is 0 Å². The van der Waals surface area contributed by atoms with Gasteiger partial charge in [-0.05, 0) is 25.3 Å². The topological polar surface area (TPSA) is 41.1 Å². The van der Waals surface area contributed by atoms with Gasteiger partial charge in [-0.2, -0.15) is 0 Å². The van der Waals surface area contributed by atoms with Gasteiger partial charge in [0.15, 0.2) is 0 Å². The zero-order chi connectivity index (χ0) is 12.6. The maximum absolute atomic E-state index is 11.8. The number of hydrogen-bond acceptors (Lipinski definition) is 2. The molecule has 2 aliphatic rings. The molecule has 0 unspecified atom stereocenters. The molecule has 1 heterocycles. The molecular formula is C15H27ClN2O. The Morgan fingerprint density at radius 3 is 2.79 bits per heavy atom. The van der Waals surface area contributed by atoms with Crippen molar-refractivity contribution in [1.82, 2.24) is 10.6 Å². The quantitative estimate of drug-likeness (QED) is 0.763. The van der Waals surface area contributed by atoms with Crippen LogP contribution in [0.3, 0.4) is 0 Å². The zero-order valence-electron chi connectivity index (χ0n) is 11.7. The van der Waals surface area contributed by atoms with Crippen molar-refractivity contribution in [3.05, 3.63) is 11.6 Å². The molecule has 4 heteroatoms. The van der Waals surface area contributed by atoms with Gasteiger partial charge in [-0.1, -0.05) is 43.8 Å². The Hall–Kier alpha value is -0.540. The second kappa shape index (κ2) is 9.38. The zero-order valence-corrected chi connectivity index (χ0v) is 12.6. The fourth-order valence-corrected chi connectivity index (χ4v) is 2.94. The summed E-state index contributed by atoms with van der Waals surface area (Å²) in [5.74, 6) is 1.04. The Labute approximate surface area is 123 Å². The Bertz CT molecular complexity index is 299. The summed E-state index contributed by atoms with van der Waals surface area (Å²) in [4.78, 5) is 11.8. The summed E-state index contributed by atoms with van der Waals surface area (Å²) in [7, 11) is 0. The van der Waals surface area contributed by atoms with Crippen LogP contribution in [-0.4, -0.2) is 25.5 Å². The summed E-state index contributed by atoms with van der Waals surface area (Å²) >= 11 is 0. The summed E-state index contributed by atoms with van der Waals surface area (Å²) in [6, 6.07) is 0. The van der Waals surface area contributed by atoms with E-state index in [0.29, 0.717) is 0 Å². The van der Waals surface area contributed by atoms with E-state index in [1.54, 1.807) is 0 Å². The minimum absolute atomic E-state index is 0. The third-order valence-corrected chi connectivity index (χ3v) is 4.17. The van der Waals surface area contributed by atoms with Gasteiger partial charge in [0.25, 0.3) is 0 Å². The minimum Gasteiger partial charge on any atom is -0.352 e. The molecule has 19 heavy (non-hydrogen) atoms. The van der Waals surface area contributed by atoms with Gasteiger partial charge >= 0.3 is 0 Å². The number of halogens is 1. The number of hydrogen-bond donors (Lipinski definition) is 2. The highest BCUT2D eigenvalue weighted by molar-refractivity contribution is 5.85. The highest BCUT2D eigenvalue weighted by Crippen LogP contribution is 2.27. The van der Waals surface area contributed by atoms with E-state index < -0.39 is 0 Å². The minimum atomic E-state index is 0. The molecule has 1 aliphatic heterocycles. The van der Waals surface area contributed by atoms with Crippen molar-refractivity contribution in [2.45, 2.75) is 51.4 Å². The van der Waals surface area contributed by atoms with Crippen LogP contribution in [0.4, 0.5) is 0 Å². The van der Waals surface area contributed by atoms with Crippen molar-refractivity contribution in [3.8, 4) is 0 Å². The van der Waals surface area contributed by atoms with E-state index in [2.05, 4.69) is 16.7 Å². The van der Waals surface area contributed by atoms with E-state index in [9.17, 15) is 4.79 Å². The van der Waals surface area contributed by atoms with Gasteiger partial charge in [-0.25, -0.2) is 0 Å². The summed E-state index contributed by atoms with van der Waals surface area (Å²) in [5.41, 5.74) is 1.37. The van der Waals surface area contributed by atoms with Crippen LogP contribution in [0.5, 0.6) is 0 Å². The molecule has 1 aliphatic carbocycles. The molecule has 0 aromatic carbocycles. The van der Waals surface area contributed by atoms with Gasteiger partial charge in [0, 0.05) is 19.5 Å². The number of amides is 1. The largest absolute Gasteiger partial charge is 0.352 e. The summed E-state index contributed by atoms with van der Waals surface area (Å²) in [6.45, 7) is 2.75. The average molecular weight is 287 g/mol. The van der Waals surface area contributed by atoms with Crippen LogP contribution in [0.2, 0.25) is 0 Å². The average Bonchev–Trinajstić information content (AvgIpc) is 2.45. The van der Waals surface area contributed by atoms with Crippen molar-refractivity contribution < 1.29 is 4.79 Å². The lowest BCUT2D eigenvalue weighted by molar-refractivity contribution is -0.121. The first kappa shape index (κ1) is 16.5. The fraction of sp³-hybridized carbons (Fsp3) is 0.800. The van der Waals surface area contributed by atoms with Crippen molar-refractivity contribution in [2.75, 3.05) is 19.6 Å². The Kier molecular flexibility index (Phi) is 8.15. The van der Waals surface area contributed by atoms with Gasteiger partial charge in [0.1, 0.15) is 0 Å². The molecule has 0 saturated heterocycles. The first-order chi connectivity index (χ1) is 8.84. The van der Waals surface area contributed by atoms with E-state index >= 15 is 0 Å². The van der Waals surface area contributed by atoms with Crippen molar-refractivity contribution >= 4 is 18.3 Å². The normalized spacial score (nSPS) is 20.3. The summed E-state index contributed by atoms with van der Waals surface area (Å²) in [6.07, 6.45) is 11.9. The van der Waals surface area contributed by atoms with Crippen molar-refractivity contribution in [3.63, 3.8) is 0 Å². The second-order valence-corrected chi connectivity index (χ2v) is 5.64. The molecule has 0 bridgehead atoms. The molecule has 0 aromatic rings. The lowest BCUT2D eigenvalue weighted by Crippen LogP contribution is -2.29. The van der Waals surface area contributed by atoms with Crippen LogP contribution in [0.15, 0.2) is 11.6 Å². The van der Waals surface area contributed by atoms with Crippen LogP contribution in [0.25, 0.3) is 0 Å². The maximum Gasteiger partial charge on any atom is 0.220 e. The number of rotatable bonds is 5. The number of nitrogens with one attached hydrogen (secondary N) is 2. The lowest BCUT2D eigenvalue weighted by Gasteiger charge is -2.21. The van der Waals surface area contributed by atoms with Crippen molar-refractivity contribution in [1.29, 1.82) is 0 Å². The summed E-state index contributed by atoms with van der Waals surface area (Å²) < 4.78 is 0. The Balaban J connectivity index is 0.00000180. The molecule has 1 fully saturated rings. The fourth-order valence-electron chi connectivity index (χ4n) is 2.94. The SMILES string of the molecule is Cl.O=C(CCC1CCCCC1)NCC1=CCNCC1. The number of carbonyl (C=O) groups excluding carboxylic acids is 1. The van der Waals surface area contributed by atoms with E-state index in [1.807, 2.05) is 0 Å². The van der Waals surface area contributed by atoms with Gasteiger partial charge < -0.3 is 10.6 Å². The summed E-state index contributed by atoms with van der Waals surface area (Å²) in [5, 5.41) is 6.34. The monoisotopic (exact) mass is 286 g/mol. The lowest BCUT2D eigenvalue weighted by atomic mass is 9.86. The van der Waals surface area contributed by atoms with E-state index in [0.717, 1.165) is 44.8 Å². The predicted molar refractivity (Wildman–Crippen MR) is 81.6 cm³/mol. The highest BCUT2D eigenvalue weighted by Gasteiger charge is 2.14. The highest BCUT2D eigenvalue weighted by atomic mass is 35.5. The second-order valence-electron chi connectivity index (χ2n) is 5.64. The third-order valence-electron chi connectivity index (χ3n) is 4.17. The third kappa shape index (κ3) is 6.44. The van der Waals surface area contributed by atoms with Crippen LogP contribution < -0.4 is 10.6 Å². The van der Waals surface area contributed by atoms with Crippen LogP contribution in [0, 0.1) is 5.92 Å². The first-order valence-corrected chi connectivity index (χ1v) is 7.50. The van der Waals surface area contributed by atoms with Gasteiger partial charge in [-0.15, -0.1) is 12.4 Å². The first-order valence-electron chi connectivity index (χ1n) is 7.50. The maximum atomic E-state index is 11.8. The molecule has 110 valence electrons. The molecule has 2 rings (SSSR count). The smallest absolute Gasteiger partial charge is 0.220 e. The number of carbonyl (C=O) groups is 1. The van der Waals surface area contributed by atoms with E-state index in [1.165, 1.54) is 37.7 Å². The van der Waals surface area contributed by atoms with Crippen LogP contribution in [0.1, 0.15) is 51.4 Å². The molecule has 1 saturated carbocycles. The van der Waals surface area contributed by atoms with Crippen LogP contribution in [-0.2, 0) is 4.79 Å². The Morgan fingerprint density at radius 1 is 1.32 bits per heavy atom. The standard InChI is InChI=1S/C15H26N2O.ClH/c18-15(7-6-13-4-2-1-3-5-13)17-12-14-8-10-16-11-9-14;/h8,13,16H,1-7,9-12H2,(H,17,18);1H. The molecule has 0 aromatic heterocycles. The molecule has 0 radical (unpaired) electrons. The van der Waals surface area contributed by atoms with E-state index in [-0.39, 0.29) is 18.3 Å².